The number of fused-ring (bicyclic) bond motifs is 1. The highest BCUT2D eigenvalue weighted by Gasteiger charge is 2.57. The number of hydrogen-bond acceptors (Lipinski definition) is 4. The minimum atomic E-state index is -4.92. The van der Waals surface area contributed by atoms with Gasteiger partial charge in [0.25, 0.3) is 0 Å². The zero-order valence-electron chi connectivity index (χ0n) is 23.6. The van der Waals surface area contributed by atoms with Crippen LogP contribution in [0.25, 0.3) is 0 Å². The Morgan fingerprint density at radius 1 is 1.16 bits per heavy atom. The first-order valence-corrected chi connectivity index (χ1v) is 16.6. The Bertz CT molecular complexity index is 912. The monoisotopic (exact) mass is 545 g/mol. The molecule has 1 amide bonds. The van der Waals surface area contributed by atoms with Crippen LogP contribution >= 0.6 is 0 Å². The van der Waals surface area contributed by atoms with Crippen molar-refractivity contribution in [1.82, 2.24) is 5.32 Å². The maximum absolute atomic E-state index is 13.1. The van der Waals surface area contributed by atoms with Gasteiger partial charge in [-0.05, 0) is 84.7 Å². The van der Waals surface area contributed by atoms with E-state index in [9.17, 15) is 27.9 Å². The second-order valence-corrected chi connectivity index (χ2v) is 18.7. The smallest absolute Gasteiger partial charge is 0.471 e. The first-order chi connectivity index (χ1) is 16.9. The minimum absolute atomic E-state index is 0.000843. The average Bonchev–Trinajstić information content (AvgIpc) is 3.17. The fourth-order valence-corrected chi connectivity index (χ4v) is 8.31. The van der Waals surface area contributed by atoms with Crippen LogP contribution in [0.3, 0.4) is 0 Å². The molecule has 3 fully saturated rings. The van der Waals surface area contributed by atoms with Gasteiger partial charge in [0.15, 0.2) is 14.1 Å². The summed E-state index contributed by atoms with van der Waals surface area (Å²) in [6.45, 7) is 15.6. The van der Waals surface area contributed by atoms with Gasteiger partial charge in [-0.15, -0.1) is 0 Å². The van der Waals surface area contributed by atoms with Crippen LogP contribution in [0.1, 0.15) is 79.6 Å². The molecule has 0 spiro atoms. The van der Waals surface area contributed by atoms with Crippen molar-refractivity contribution in [3.8, 4) is 0 Å². The fraction of sp³-hybridized carbons (Fsp3) is 0.857. The van der Waals surface area contributed by atoms with Gasteiger partial charge in [-0.25, -0.2) is 0 Å². The van der Waals surface area contributed by atoms with Crippen LogP contribution in [0, 0.1) is 34.5 Å². The van der Waals surface area contributed by atoms with Gasteiger partial charge in [-0.1, -0.05) is 41.0 Å². The summed E-state index contributed by atoms with van der Waals surface area (Å²) < 4.78 is 45.9. The van der Waals surface area contributed by atoms with Crippen molar-refractivity contribution < 1.29 is 32.3 Å². The Hall–Kier alpha value is -1.35. The molecular weight excluding hydrogens is 499 g/mol. The Morgan fingerprint density at radius 3 is 2.38 bits per heavy atom. The molecule has 212 valence electrons. The lowest BCUT2D eigenvalue weighted by Gasteiger charge is -2.56. The second-order valence-electron chi connectivity index (χ2n) is 13.9. The molecule has 0 aromatic carbocycles. The third-order valence-corrected chi connectivity index (χ3v) is 15.2. The molecular formula is C28H46F3NO4Si. The molecule has 0 aromatic heterocycles. The van der Waals surface area contributed by atoms with Crippen LogP contribution in [0.2, 0.25) is 18.1 Å². The number of ketones is 1. The van der Waals surface area contributed by atoms with Gasteiger partial charge in [0.2, 0.25) is 0 Å². The molecule has 3 aliphatic rings. The van der Waals surface area contributed by atoms with Gasteiger partial charge < -0.3 is 14.8 Å². The Morgan fingerprint density at radius 2 is 1.81 bits per heavy atom. The van der Waals surface area contributed by atoms with Crippen molar-refractivity contribution >= 4 is 20.0 Å². The fourth-order valence-electron chi connectivity index (χ4n) is 7.26. The summed E-state index contributed by atoms with van der Waals surface area (Å²) in [6.07, 6.45) is 1.41. The standard InChI is InChI=1S/C28H46F3NO4Si/c1-25(2,3)37(6,7)36-17-19-13-23(34)18(16-33)14-27(19,5)22-10-12-26(4)11-8-9-21(26)20(22)15-32-24(35)28(29,30)31/h16,19-22,33H,8-15,17H2,1-7H3,(H,32,35)/b18-16+/t19-,20+,21+,22+,26+,27+/m1/s1. The number of Topliss-reactive ketones (excluding diaryl/α,β-unsaturated/α-hetero) is 1. The van der Waals surface area contributed by atoms with Crippen LogP contribution in [0.15, 0.2) is 11.8 Å². The average molecular weight is 546 g/mol. The predicted molar refractivity (Wildman–Crippen MR) is 140 cm³/mol. The Balaban J connectivity index is 1.96. The lowest BCUT2D eigenvalue weighted by atomic mass is 9.49. The van der Waals surface area contributed by atoms with E-state index in [4.69, 9.17) is 4.43 Å². The summed E-state index contributed by atoms with van der Waals surface area (Å²) >= 11 is 0. The Labute approximate surface area is 221 Å². The summed E-state index contributed by atoms with van der Waals surface area (Å²) in [6, 6.07) is 0. The summed E-state index contributed by atoms with van der Waals surface area (Å²) in [5, 5.41) is 12.1. The van der Waals surface area contributed by atoms with E-state index >= 15 is 0 Å². The maximum atomic E-state index is 13.1. The van der Waals surface area contributed by atoms with Crippen molar-refractivity contribution in [2.45, 2.75) is 104 Å². The minimum Gasteiger partial charge on any atom is -0.515 e. The molecule has 0 radical (unpaired) electrons. The SMILES string of the molecule is CC(C)(C)[Si](C)(C)OC[C@H]1CC(=O)/C(=C/O)C[C@]1(C)[C@H]1CC[C@]2(C)CCC[C@H]2[C@@H]1CNC(=O)C(F)(F)F. The van der Waals surface area contributed by atoms with E-state index in [-0.39, 0.29) is 52.9 Å². The van der Waals surface area contributed by atoms with Crippen LogP contribution < -0.4 is 5.32 Å². The molecule has 6 atom stereocenters. The number of amides is 1. The summed E-state index contributed by atoms with van der Waals surface area (Å²) in [5.74, 6) is -2.04. The topological polar surface area (TPSA) is 75.6 Å². The highest BCUT2D eigenvalue weighted by Crippen LogP contribution is 2.62. The van der Waals surface area contributed by atoms with Gasteiger partial charge in [-0.2, -0.15) is 13.2 Å². The van der Waals surface area contributed by atoms with Gasteiger partial charge in [0.05, 0.1) is 6.26 Å². The van der Waals surface area contributed by atoms with E-state index < -0.39 is 25.8 Å². The highest BCUT2D eigenvalue weighted by molar-refractivity contribution is 6.74. The first kappa shape index (κ1) is 30.2. The van der Waals surface area contributed by atoms with Crippen LogP contribution in [0.4, 0.5) is 13.2 Å². The molecule has 0 aromatic rings. The number of carbonyl (C=O) groups is 2. The second kappa shape index (κ2) is 10.3. The number of aliphatic hydroxyl groups excluding tert-OH is 1. The third kappa shape index (κ3) is 5.97. The van der Waals surface area contributed by atoms with Crippen LogP contribution in [-0.2, 0) is 14.0 Å². The molecule has 5 nitrogen and oxygen atoms in total. The van der Waals surface area contributed by atoms with E-state index in [0.717, 1.165) is 38.4 Å². The molecule has 0 heterocycles. The molecule has 2 N–H and O–H groups in total. The van der Waals surface area contributed by atoms with Crippen molar-refractivity contribution in [2.24, 2.45) is 34.5 Å². The van der Waals surface area contributed by atoms with Gasteiger partial charge in [0, 0.05) is 25.1 Å². The summed E-state index contributed by atoms with van der Waals surface area (Å²) in [5.41, 5.74) is -0.0280. The normalized spacial score (nSPS) is 36.5. The largest absolute Gasteiger partial charge is 0.515 e. The zero-order chi connectivity index (χ0) is 28.0. The number of aliphatic hydroxyl groups is 1. The van der Waals surface area contributed by atoms with E-state index in [1.54, 1.807) is 0 Å². The van der Waals surface area contributed by atoms with E-state index in [0.29, 0.717) is 18.6 Å². The molecule has 0 bridgehead atoms. The third-order valence-electron chi connectivity index (χ3n) is 10.7. The zero-order valence-corrected chi connectivity index (χ0v) is 24.6. The number of hydrogen-bond donors (Lipinski definition) is 2. The number of nitrogens with one attached hydrogen (secondary N) is 1. The quantitative estimate of drug-likeness (QED) is 0.215. The molecule has 3 aliphatic carbocycles. The predicted octanol–water partition coefficient (Wildman–Crippen LogP) is 6.95. The summed E-state index contributed by atoms with van der Waals surface area (Å²) in [4.78, 5) is 24.7. The van der Waals surface area contributed by atoms with Crippen molar-refractivity contribution in [3.63, 3.8) is 0 Å². The highest BCUT2D eigenvalue weighted by atomic mass is 28.4. The van der Waals surface area contributed by atoms with E-state index in [1.165, 1.54) is 0 Å². The van der Waals surface area contributed by atoms with Gasteiger partial charge in [-0.3, -0.25) is 9.59 Å². The number of carbonyl (C=O) groups excluding carboxylic acids is 2. The maximum Gasteiger partial charge on any atom is 0.471 e. The van der Waals surface area contributed by atoms with Gasteiger partial charge in [0.1, 0.15) is 0 Å². The van der Waals surface area contributed by atoms with Crippen LogP contribution in [-0.4, -0.2) is 44.4 Å². The van der Waals surface area contributed by atoms with E-state index in [1.807, 2.05) is 0 Å². The number of allylic oxidation sites excluding steroid dienone is 1. The molecule has 0 aliphatic heterocycles. The molecule has 0 saturated heterocycles. The molecule has 3 saturated carbocycles. The summed E-state index contributed by atoms with van der Waals surface area (Å²) in [7, 11) is -2.11. The van der Waals surface area contributed by atoms with Crippen molar-refractivity contribution in [2.75, 3.05) is 13.2 Å². The van der Waals surface area contributed by atoms with Crippen molar-refractivity contribution in [1.29, 1.82) is 0 Å². The van der Waals surface area contributed by atoms with E-state index in [2.05, 4.69) is 53.0 Å². The lowest BCUT2D eigenvalue weighted by molar-refractivity contribution is -0.174. The number of alkyl halides is 3. The molecule has 3 rings (SSSR count). The number of halogens is 3. The Kier molecular flexibility index (Phi) is 8.42. The van der Waals surface area contributed by atoms with Gasteiger partial charge >= 0.3 is 12.1 Å². The number of rotatable bonds is 6. The first-order valence-electron chi connectivity index (χ1n) is 13.7. The molecule has 0 unspecified atom stereocenters. The van der Waals surface area contributed by atoms with Crippen LogP contribution in [0.5, 0.6) is 0 Å². The molecule has 37 heavy (non-hydrogen) atoms. The lowest BCUT2D eigenvalue weighted by Crippen LogP contribution is -2.55. The van der Waals surface area contributed by atoms with Crippen molar-refractivity contribution in [3.05, 3.63) is 11.8 Å². The molecule has 9 heteroatoms.